The van der Waals surface area contributed by atoms with Crippen LogP contribution >= 0.6 is 11.6 Å². The molecule has 1 fully saturated rings. The second-order valence-corrected chi connectivity index (χ2v) is 11.6. The predicted molar refractivity (Wildman–Crippen MR) is 140 cm³/mol. The van der Waals surface area contributed by atoms with Crippen molar-refractivity contribution in [3.63, 3.8) is 0 Å². The molecule has 0 radical (unpaired) electrons. The molecule has 1 aliphatic rings. The van der Waals surface area contributed by atoms with Gasteiger partial charge in [-0.3, -0.25) is 4.79 Å². The third-order valence-electron chi connectivity index (χ3n) is 6.55. The lowest BCUT2D eigenvalue weighted by molar-refractivity contribution is -0.132. The summed E-state index contributed by atoms with van der Waals surface area (Å²) in [6, 6.07) is 24.2. The second kappa shape index (κ2) is 11.4. The highest BCUT2D eigenvalue weighted by atomic mass is 35.5. The van der Waals surface area contributed by atoms with Crippen molar-refractivity contribution in [2.24, 2.45) is 5.92 Å². The number of likely N-dealkylation sites (tertiary alicyclic amines) is 1. The van der Waals surface area contributed by atoms with E-state index in [2.05, 4.69) is 24.3 Å². The molecule has 0 aromatic heterocycles. The Balaban J connectivity index is 1.46. The van der Waals surface area contributed by atoms with Gasteiger partial charge in [-0.1, -0.05) is 71.8 Å². The molecule has 0 N–H and O–H groups in total. The van der Waals surface area contributed by atoms with E-state index in [1.54, 1.807) is 47.4 Å². The van der Waals surface area contributed by atoms with E-state index < -0.39 is 10.0 Å². The molecule has 35 heavy (non-hydrogen) atoms. The topological polar surface area (TPSA) is 57.7 Å². The van der Waals surface area contributed by atoms with Gasteiger partial charge in [-0.25, -0.2) is 8.42 Å². The first-order valence-electron chi connectivity index (χ1n) is 11.9. The van der Waals surface area contributed by atoms with Crippen LogP contribution in [0.4, 0.5) is 0 Å². The van der Waals surface area contributed by atoms with Gasteiger partial charge in [-0.05, 0) is 67.5 Å². The first-order valence-corrected chi connectivity index (χ1v) is 13.8. The third-order valence-corrected chi connectivity index (χ3v) is 8.59. The number of hydrogen-bond acceptors (Lipinski definition) is 3. The molecule has 7 heteroatoms. The number of piperidine rings is 1. The molecule has 4 rings (SSSR count). The van der Waals surface area contributed by atoms with Gasteiger partial charge in [0.25, 0.3) is 0 Å². The molecule has 0 atom stereocenters. The van der Waals surface area contributed by atoms with Gasteiger partial charge < -0.3 is 4.90 Å². The highest BCUT2D eigenvalue weighted by Crippen LogP contribution is 2.24. The Labute approximate surface area is 213 Å². The van der Waals surface area contributed by atoms with Crippen LogP contribution in [0.25, 0.3) is 0 Å². The van der Waals surface area contributed by atoms with Gasteiger partial charge in [0.2, 0.25) is 15.9 Å². The highest BCUT2D eigenvalue weighted by molar-refractivity contribution is 7.89. The zero-order chi connectivity index (χ0) is 24.8. The maximum absolute atomic E-state index is 13.5. The quantitative estimate of drug-likeness (QED) is 0.412. The Morgan fingerprint density at radius 3 is 2.26 bits per heavy atom. The Kier molecular flexibility index (Phi) is 8.26. The highest BCUT2D eigenvalue weighted by Gasteiger charge is 2.30. The number of rotatable bonds is 8. The number of amides is 1. The fraction of sp³-hybridized carbons (Fsp3) is 0.321. The molecule has 1 heterocycles. The average molecular weight is 511 g/mol. The van der Waals surface area contributed by atoms with Crippen LogP contribution in [0.1, 0.15) is 29.5 Å². The lowest BCUT2D eigenvalue weighted by Gasteiger charge is -2.33. The Morgan fingerprint density at radius 2 is 1.60 bits per heavy atom. The van der Waals surface area contributed by atoms with Gasteiger partial charge in [0.05, 0.1) is 11.4 Å². The molecule has 0 unspecified atom stereocenters. The molecule has 1 aliphatic heterocycles. The van der Waals surface area contributed by atoms with Crippen LogP contribution < -0.4 is 0 Å². The number of nitrogens with zero attached hydrogens (tertiary/aromatic N) is 2. The molecular weight excluding hydrogens is 480 g/mol. The number of sulfonamides is 1. The van der Waals surface area contributed by atoms with Crippen LogP contribution in [-0.4, -0.2) is 43.2 Å². The van der Waals surface area contributed by atoms with Crippen molar-refractivity contribution in [3.8, 4) is 0 Å². The molecule has 5 nitrogen and oxygen atoms in total. The van der Waals surface area contributed by atoms with Crippen LogP contribution in [0.15, 0.2) is 83.8 Å². The summed E-state index contributed by atoms with van der Waals surface area (Å²) in [6.07, 6.45) is 2.84. The predicted octanol–water partition coefficient (Wildman–Crippen LogP) is 5.32. The van der Waals surface area contributed by atoms with Gasteiger partial charge in [0.1, 0.15) is 0 Å². The van der Waals surface area contributed by atoms with E-state index in [-0.39, 0.29) is 23.9 Å². The molecule has 0 spiro atoms. The van der Waals surface area contributed by atoms with Crippen molar-refractivity contribution in [2.75, 3.05) is 19.6 Å². The van der Waals surface area contributed by atoms with Crippen molar-refractivity contribution >= 4 is 27.5 Å². The largest absolute Gasteiger partial charge is 0.342 e. The zero-order valence-electron chi connectivity index (χ0n) is 19.9. The molecule has 3 aromatic carbocycles. The summed E-state index contributed by atoms with van der Waals surface area (Å²) in [5.74, 6) is 0.362. The lowest BCUT2D eigenvalue weighted by atomic mass is 9.90. The number of aryl methyl sites for hydroxylation is 1. The van der Waals surface area contributed by atoms with E-state index in [1.165, 1.54) is 9.87 Å². The zero-order valence-corrected chi connectivity index (χ0v) is 21.5. The molecule has 1 amide bonds. The van der Waals surface area contributed by atoms with Crippen molar-refractivity contribution in [2.45, 2.75) is 37.6 Å². The van der Waals surface area contributed by atoms with Crippen molar-refractivity contribution < 1.29 is 13.2 Å². The summed E-state index contributed by atoms with van der Waals surface area (Å²) in [6.45, 7) is 3.07. The number of carbonyl (C=O) groups excluding carboxylic acids is 1. The fourth-order valence-electron chi connectivity index (χ4n) is 4.51. The number of hydrogen-bond donors (Lipinski definition) is 0. The number of carbonyl (C=O) groups is 1. The minimum Gasteiger partial charge on any atom is -0.342 e. The van der Waals surface area contributed by atoms with Gasteiger partial charge in [-0.2, -0.15) is 4.31 Å². The molecule has 0 saturated carbocycles. The van der Waals surface area contributed by atoms with Gasteiger partial charge >= 0.3 is 0 Å². The van der Waals surface area contributed by atoms with Crippen LogP contribution in [0.2, 0.25) is 5.02 Å². The molecular formula is C28H31ClN2O3S. The van der Waals surface area contributed by atoms with Crippen molar-refractivity contribution in [3.05, 3.63) is 101 Å². The van der Waals surface area contributed by atoms with Crippen LogP contribution in [-0.2, 0) is 27.8 Å². The van der Waals surface area contributed by atoms with Gasteiger partial charge in [0.15, 0.2) is 0 Å². The normalized spacial score (nSPS) is 14.9. The first-order chi connectivity index (χ1) is 16.8. The Bertz CT molecular complexity index is 1240. The Morgan fingerprint density at radius 1 is 0.943 bits per heavy atom. The minimum atomic E-state index is -3.87. The summed E-state index contributed by atoms with van der Waals surface area (Å²) in [7, 11) is -3.87. The fourth-order valence-corrected chi connectivity index (χ4v) is 6.10. The van der Waals surface area contributed by atoms with Crippen molar-refractivity contribution in [1.29, 1.82) is 0 Å². The maximum atomic E-state index is 13.5. The van der Waals surface area contributed by atoms with Gasteiger partial charge in [-0.15, -0.1) is 0 Å². The second-order valence-electron chi connectivity index (χ2n) is 9.23. The Hall–Kier alpha value is -2.67. The molecule has 184 valence electrons. The van der Waals surface area contributed by atoms with E-state index in [0.29, 0.717) is 24.0 Å². The maximum Gasteiger partial charge on any atom is 0.243 e. The molecule has 3 aromatic rings. The van der Waals surface area contributed by atoms with Gasteiger partial charge in [0, 0.05) is 24.7 Å². The molecule has 1 saturated heterocycles. The van der Waals surface area contributed by atoms with Crippen LogP contribution in [0.3, 0.4) is 0 Å². The number of benzene rings is 3. The van der Waals surface area contributed by atoms with Crippen molar-refractivity contribution in [1.82, 2.24) is 9.21 Å². The summed E-state index contributed by atoms with van der Waals surface area (Å²) < 4.78 is 28.3. The minimum absolute atomic E-state index is 0.0764. The SMILES string of the molecule is Cc1ccc(S(=O)(=O)N(CC(=O)N2CCC(Cc3ccccc3)CC2)Cc2cccc(Cl)c2)cc1. The average Bonchev–Trinajstić information content (AvgIpc) is 2.85. The van der Waals surface area contributed by atoms with E-state index >= 15 is 0 Å². The number of halogens is 1. The van der Waals surface area contributed by atoms with E-state index in [1.807, 2.05) is 19.1 Å². The standard InChI is InChI=1S/C28H31ClN2O3S/c1-22-10-12-27(13-11-22)35(33,34)31(20-25-8-5-9-26(29)19-25)21-28(32)30-16-14-24(15-17-30)18-23-6-3-2-4-7-23/h2-13,19,24H,14-18,20-21H2,1H3. The summed E-state index contributed by atoms with van der Waals surface area (Å²) in [5, 5.41) is 0.530. The summed E-state index contributed by atoms with van der Waals surface area (Å²) in [5.41, 5.74) is 3.02. The van der Waals surface area contributed by atoms with E-state index in [9.17, 15) is 13.2 Å². The summed E-state index contributed by atoms with van der Waals surface area (Å²) in [4.78, 5) is 15.2. The van der Waals surface area contributed by atoms with E-state index in [4.69, 9.17) is 11.6 Å². The molecule has 0 aliphatic carbocycles. The van der Waals surface area contributed by atoms with Crippen LogP contribution in [0, 0.1) is 12.8 Å². The monoisotopic (exact) mass is 510 g/mol. The smallest absolute Gasteiger partial charge is 0.243 e. The van der Waals surface area contributed by atoms with E-state index in [0.717, 1.165) is 30.4 Å². The lowest BCUT2D eigenvalue weighted by Crippen LogP contribution is -2.45. The summed E-state index contributed by atoms with van der Waals surface area (Å²) >= 11 is 6.13. The third kappa shape index (κ3) is 6.72. The molecule has 0 bridgehead atoms. The van der Waals surface area contributed by atoms with Crippen LogP contribution in [0.5, 0.6) is 0 Å². The first kappa shape index (κ1) is 25.4.